The van der Waals surface area contributed by atoms with Gasteiger partial charge in [-0.15, -0.1) is 0 Å². The number of hydrogen-bond acceptors (Lipinski definition) is 2. The molecule has 0 aliphatic carbocycles. The van der Waals surface area contributed by atoms with Gasteiger partial charge in [-0.2, -0.15) is 0 Å². The van der Waals surface area contributed by atoms with Crippen LogP contribution in [0.15, 0.2) is 24.3 Å². The van der Waals surface area contributed by atoms with Crippen LogP contribution in [0.25, 0.3) is 0 Å². The Balaban J connectivity index is 2.27. The van der Waals surface area contributed by atoms with E-state index in [4.69, 9.17) is 10.5 Å². The van der Waals surface area contributed by atoms with Gasteiger partial charge in [0.25, 0.3) is 0 Å². The van der Waals surface area contributed by atoms with Gasteiger partial charge in [-0.25, -0.2) is 0 Å². The van der Waals surface area contributed by atoms with Gasteiger partial charge in [-0.3, -0.25) is 0 Å². The zero-order valence-electron chi connectivity index (χ0n) is 9.49. The Morgan fingerprint density at radius 1 is 1.33 bits per heavy atom. The van der Waals surface area contributed by atoms with Gasteiger partial charge >= 0.3 is 0 Å². The Bertz CT molecular complexity index is 325. The Morgan fingerprint density at radius 3 is 2.27 bits per heavy atom. The van der Waals surface area contributed by atoms with Gasteiger partial charge < -0.3 is 10.5 Å². The first kappa shape index (κ1) is 10.7. The van der Waals surface area contributed by atoms with E-state index in [1.165, 1.54) is 11.1 Å². The number of aryl methyl sites for hydroxylation is 1. The zero-order chi connectivity index (χ0) is 10.9. The first-order valence-corrected chi connectivity index (χ1v) is 5.62. The van der Waals surface area contributed by atoms with Crippen molar-refractivity contribution >= 4 is 0 Å². The van der Waals surface area contributed by atoms with Crippen LogP contribution in [-0.2, 0) is 16.6 Å². The third-order valence-electron chi connectivity index (χ3n) is 3.53. The smallest absolute Gasteiger partial charge is 0.0600 e. The number of ether oxygens (including phenoxy) is 1. The second-order valence-corrected chi connectivity index (χ2v) is 4.49. The van der Waals surface area contributed by atoms with Crippen molar-refractivity contribution in [3.63, 3.8) is 0 Å². The van der Waals surface area contributed by atoms with Crippen molar-refractivity contribution in [2.45, 2.75) is 31.7 Å². The van der Waals surface area contributed by atoms with Crippen LogP contribution in [0.2, 0.25) is 0 Å². The number of rotatable bonds is 3. The highest BCUT2D eigenvalue weighted by atomic mass is 16.5. The SMILES string of the molecule is CCc1ccc(C2(C(C)N)COC2)cc1. The molecule has 1 heterocycles. The van der Waals surface area contributed by atoms with Gasteiger partial charge in [0.15, 0.2) is 0 Å². The van der Waals surface area contributed by atoms with Gasteiger partial charge in [-0.05, 0) is 24.5 Å². The van der Waals surface area contributed by atoms with Crippen LogP contribution in [0, 0.1) is 0 Å². The highest BCUT2D eigenvalue weighted by molar-refractivity contribution is 5.33. The lowest BCUT2D eigenvalue weighted by atomic mass is 9.73. The van der Waals surface area contributed by atoms with E-state index in [1.54, 1.807) is 0 Å². The predicted octanol–water partition coefficient (Wildman–Crippen LogP) is 1.86. The molecular formula is C13H19NO. The van der Waals surface area contributed by atoms with Gasteiger partial charge in [0.2, 0.25) is 0 Å². The van der Waals surface area contributed by atoms with Crippen molar-refractivity contribution in [3.05, 3.63) is 35.4 Å². The van der Waals surface area contributed by atoms with E-state index in [0.717, 1.165) is 19.6 Å². The molecule has 0 spiro atoms. The maximum Gasteiger partial charge on any atom is 0.0600 e. The minimum Gasteiger partial charge on any atom is -0.379 e. The molecule has 1 aromatic carbocycles. The standard InChI is InChI=1S/C13H19NO/c1-3-11-4-6-12(7-5-11)13(10(2)14)8-15-9-13/h4-7,10H,3,8-9,14H2,1-2H3. The highest BCUT2D eigenvalue weighted by Crippen LogP contribution is 2.34. The van der Waals surface area contributed by atoms with Crippen molar-refractivity contribution in [2.75, 3.05) is 13.2 Å². The molecule has 15 heavy (non-hydrogen) atoms. The lowest BCUT2D eigenvalue weighted by molar-refractivity contribution is -0.0701. The Hall–Kier alpha value is -0.860. The van der Waals surface area contributed by atoms with Gasteiger partial charge in [-0.1, -0.05) is 31.2 Å². The van der Waals surface area contributed by atoms with Crippen molar-refractivity contribution in [1.29, 1.82) is 0 Å². The quantitative estimate of drug-likeness (QED) is 0.817. The van der Waals surface area contributed by atoms with Gasteiger partial charge in [0.05, 0.1) is 18.6 Å². The van der Waals surface area contributed by atoms with E-state index in [-0.39, 0.29) is 11.5 Å². The molecule has 1 atom stereocenters. The molecule has 1 aliphatic heterocycles. The number of nitrogens with two attached hydrogens (primary N) is 1. The molecule has 1 saturated heterocycles. The lowest BCUT2D eigenvalue weighted by Gasteiger charge is -2.45. The minimum atomic E-state index is 0.0618. The average molecular weight is 205 g/mol. The summed E-state index contributed by atoms with van der Waals surface area (Å²) < 4.78 is 5.33. The van der Waals surface area contributed by atoms with Crippen LogP contribution in [0.5, 0.6) is 0 Å². The molecule has 0 aromatic heterocycles. The third-order valence-corrected chi connectivity index (χ3v) is 3.53. The summed E-state index contributed by atoms with van der Waals surface area (Å²) in [6.07, 6.45) is 1.09. The topological polar surface area (TPSA) is 35.2 Å². The summed E-state index contributed by atoms with van der Waals surface area (Å²) in [6, 6.07) is 8.93. The second kappa shape index (κ2) is 3.95. The van der Waals surface area contributed by atoms with Crippen molar-refractivity contribution in [1.82, 2.24) is 0 Å². The average Bonchev–Trinajstić information content (AvgIpc) is 2.16. The highest BCUT2D eigenvalue weighted by Gasteiger charge is 2.43. The van der Waals surface area contributed by atoms with E-state index in [2.05, 4.69) is 38.1 Å². The number of hydrogen-bond donors (Lipinski definition) is 1. The van der Waals surface area contributed by atoms with Crippen molar-refractivity contribution < 1.29 is 4.74 Å². The maximum absolute atomic E-state index is 6.06. The molecule has 82 valence electrons. The number of benzene rings is 1. The molecule has 0 radical (unpaired) electrons. The Morgan fingerprint density at radius 2 is 1.93 bits per heavy atom. The molecular weight excluding hydrogens is 186 g/mol. The van der Waals surface area contributed by atoms with Crippen LogP contribution >= 0.6 is 0 Å². The first-order valence-electron chi connectivity index (χ1n) is 5.62. The van der Waals surface area contributed by atoms with E-state index in [1.807, 2.05) is 0 Å². The fourth-order valence-corrected chi connectivity index (χ4v) is 2.09. The fourth-order valence-electron chi connectivity index (χ4n) is 2.09. The van der Waals surface area contributed by atoms with Crippen molar-refractivity contribution in [3.8, 4) is 0 Å². The lowest BCUT2D eigenvalue weighted by Crippen LogP contribution is -2.57. The van der Waals surface area contributed by atoms with Gasteiger partial charge in [0, 0.05) is 6.04 Å². The summed E-state index contributed by atoms with van der Waals surface area (Å²) in [5.74, 6) is 0. The molecule has 1 aliphatic rings. The summed E-state index contributed by atoms with van der Waals surface area (Å²) in [7, 11) is 0. The molecule has 0 saturated carbocycles. The largest absolute Gasteiger partial charge is 0.379 e. The first-order chi connectivity index (χ1) is 7.19. The summed E-state index contributed by atoms with van der Waals surface area (Å²) in [5.41, 5.74) is 8.81. The normalized spacial score (nSPS) is 20.7. The Labute approximate surface area is 91.4 Å². The minimum absolute atomic E-state index is 0.0618. The van der Waals surface area contributed by atoms with E-state index >= 15 is 0 Å². The molecule has 0 bridgehead atoms. The monoisotopic (exact) mass is 205 g/mol. The van der Waals surface area contributed by atoms with Crippen LogP contribution in [0.3, 0.4) is 0 Å². The summed E-state index contributed by atoms with van der Waals surface area (Å²) in [5, 5.41) is 0. The Kier molecular flexibility index (Phi) is 2.81. The fraction of sp³-hybridized carbons (Fsp3) is 0.538. The molecule has 1 fully saturated rings. The van der Waals surface area contributed by atoms with Crippen LogP contribution in [0.4, 0.5) is 0 Å². The van der Waals surface area contributed by atoms with Crippen molar-refractivity contribution in [2.24, 2.45) is 5.73 Å². The molecule has 2 rings (SSSR count). The maximum atomic E-state index is 6.06. The molecule has 2 heteroatoms. The van der Waals surface area contributed by atoms with E-state index < -0.39 is 0 Å². The van der Waals surface area contributed by atoms with E-state index in [0.29, 0.717) is 0 Å². The predicted molar refractivity (Wildman–Crippen MR) is 62.0 cm³/mol. The summed E-state index contributed by atoms with van der Waals surface area (Å²) in [6.45, 7) is 5.76. The second-order valence-electron chi connectivity index (χ2n) is 4.49. The molecule has 2 N–H and O–H groups in total. The summed E-state index contributed by atoms with van der Waals surface area (Å²) >= 11 is 0. The van der Waals surface area contributed by atoms with Crippen LogP contribution < -0.4 is 5.73 Å². The zero-order valence-corrected chi connectivity index (χ0v) is 9.49. The van der Waals surface area contributed by atoms with Crippen LogP contribution in [0.1, 0.15) is 25.0 Å². The van der Waals surface area contributed by atoms with Crippen LogP contribution in [-0.4, -0.2) is 19.3 Å². The molecule has 0 amide bonds. The van der Waals surface area contributed by atoms with Gasteiger partial charge in [0.1, 0.15) is 0 Å². The molecule has 1 unspecified atom stereocenters. The van der Waals surface area contributed by atoms with E-state index in [9.17, 15) is 0 Å². The third kappa shape index (κ3) is 1.68. The summed E-state index contributed by atoms with van der Waals surface area (Å²) in [4.78, 5) is 0. The molecule has 1 aromatic rings. The molecule has 2 nitrogen and oxygen atoms in total.